The summed E-state index contributed by atoms with van der Waals surface area (Å²) in [6.45, 7) is 4.78. The number of carbonyl (C=O) groups is 1. The van der Waals surface area contributed by atoms with Crippen molar-refractivity contribution in [1.29, 1.82) is 0 Å². The van der Waals surface area contributed by atoms with Crippen LogP contribution in [0.4, 0.5) is 0 Å². The Balaban J connectivity index is 1.54. The minimum atomic E-state index is -0.144. The molecule has 0 aliphatic heterocycles. The quantitative estimate of drug-likeness (QED) is 0.521. The van der Waals surface area contributed by atoms with E-state index in [2.05, 4.69) is 41.5 Å². The maximum absolute atomic E-state index is 12.7. The standard InChI is InChI=1S/C26H25N3O2/c1-18-8-10-20(11-9-18)14-15-27-25(30)22-12-13-24-23(16-22)28-19(2)26(31)29(24)17-21-6-4-3-5-7-21/h3-13,16H,14-15,17H2,1-2H3,(H,27,30). The highest BCUT2D eigenvalue weighted by Crippen LogP contribution is 2.15. The average molecular weight is 412 g/mol. The molecule has 156 valence electrons. The highest BCUT2D eigenvalue weighted by molar-refractivity contribution is 5.97. The molecule has 0 bridgehead atoms. The first kappa shape index (κ1) is 20.5. The molecule has 0 radical (unpaired) electrons. The number of carbonyl (C=O) groups excluding carboxylic acids is 1. The average Bonchev–Trinajstić information content (AvgIpc) is 2.78. The number of nitrogens with zero attached hydrogens (tertiary/aromatic N) is 2. The number of benzene rings is 3. The lowest BCUT2D eigenvalue weighted by Crippen LogP contribution is -2.27. The summed E-state index contributed by atoms with van der Waals surface area (Å²) in [6, 6.07) is 23.5. The van der Waals surface area contributed by atoms with E-state index in [1.165, 1.54) is 11.1 Å². The summed E-state index contributed by atoms with van der Waals surface area (Å²) in [6.07, 6.45) is 0.771. The van der Waals surface area contributed by atoms with Crippen molar-refractivity contribution >= 4 is 16.9 Å². The monoisotopic (exact) mass is 411 g/mol. The summed E-state index contributed by atoms with van der Waals surface area (Å²) >= 11 is 0. The van der Waals surface area contributed by atoms with E-state index in [-0.39, 0.29) is 11.5 Å². The van der Waals surface area contributed by atoms with Crippen LogP contribution in [0.3, 0.4) is 0 Å². The first-order valence-electron chi connectivity index (χ1n) is 10.4. The fraction of sp³-hybridized carbons (Fsp3) is 0.192. The molecule has 0 aliphatic rings. The van der Waals surface area contributed by atoms with E-state index in [0.717, 1.165) is 17.5 Å². The van der Waals surface area contributed by atoms with E-state index in [1.807, 2.05) is 30.3 Å². The van der Waals surface area contributed by atoms with Crippen molar-refractivity contribution in [1.82, 2.24) is 14.9 Å². The van der Waals surface area contributed by atoms with Crippen LogP contribution in [0, 0.1) is 13.8 Å². The van der Waals surface area contributed by atoms with Gasteiger partial charge in [0.15, 0.2) is 0 Å². The molecule has 1 amide bonds. The normalized spacial score (nSPS) is 10.9. The van der Waals surface area contributed by atoms with Crippen LogP contribution in [0.2, 0.25) is 0 Å². The minimum Gasteiger partial charge on any atom is -0.352 e. The summed E-state index contributed by atoms with van der Waals surface area (Å²) in [7, 11) is 0. The van der Waals surface area contributed by atoms with Crippen LogP contribution in [0.15, 0.2) is 77.6 Å². The molecule has 5 nitrogen and oxygen atoms in total. The van der Waals surface area contributed by atoms with Gasteiger partial charge in [0.1, 0.15) is 5.69 Å². The number of amides is 1. The number of aryl methyl sites for hydroxylation is 2. The summed E-state index contributed by atoms with van der Waals surface area (Å²) in [4.78, 5) is 29.8. The Morgan fingerprint density at radius 1 is 0.935 bits per heavy atom. The van der Waals surface area contributed by atoms with E-state index >= 15 is 0 Å². The van der Waals surface area contributed by atoms with Crippen molar-refractivity contribution in [2.24, 2.45) is 0 Å². The molecule has 0 aliphatic carbocycles. The zero-order valence-electron chi connectivity index (χ0n) is 17.8. The van der Waals surface area contributed by atoms with Gasteiger partial charge in [0.05, 0.1) is 17.6 Å². The molecule has 0 atom stereocenters. The maximum Gasteiger partial charge on any atom is 0.272 e. The zero-order valence-corrected chi connectivity index (χ0v) is 17.8. The van der Waals surface area contributed by atoms with E-state index in [4.69, 9.17) is 0 Å². The van der Waals surface area contributed by atoms with Gasteiger partial charge < -0.3 is 9.88 Å². The topological polar surface area (TPSA) is 64.0 Å². The van der Waals surface area contributed by atoms with Gasteiger partial charge in [-0.05, 0) is 49.6 Å². The van der Waals surface area contributed by atoms with Crippen molar-refractivity contribution in [3.05, 3.63) is 111 Å². The molecule has 1 heterocycles. The Bertz CT molecular complexity index is 1280. The van der Waals surface area contributed by atoms with Gasteiger partial charge in [0, 0.05) is 12.1 Å². The van der Waals surface area contributed by atoms with Gasteiger partial charge >= 0.3 is 0 Å². The molecule has 0 spiro atoms. The van der Waals surface area contributed by atoms with E-state index < -0.39 is 0 Å². The van der Waals surface area contributed by atoms with Gasteiger partial charge in [0.2, 0.25) is 0 Å². The Labute approximate surface area is 181 Å². The van der Waals surface area contributed by atoms with Gasteiger partial charge in [-0.2, -0.15) is 0 Å². The third-order valence-corrected chi connectivity index (χ3v) is 5.37. The van der Waals surface area contributed by atoms with Crippen LogP contribution in [0.25, 0.3) is 11.0 Å². The third kappa shape index (κ3) is 4.72. The first-order chi connectivity index (χ1) is 15.0. The van der Waals surface area contributed by atoms with Gasteiger partial charge in [0.25, 0.3) is 11.5 Å². The SMILES string of the molecule is Cc1ccc(CCNC(=O)c2ccc3c(c2)nc(C)c(=O)n3Cc2ccccc2)cc1. The molecule has 1 N–H and O–H groups in total. The highest BCUT2D eigenvalue weighted by atomic mass is 16.1. The molecule has 3 aromatic carbocycles. The van der Waals surface area contributed by atoms with Gasteiger partial charge in [-0.3, -0.25) is 9.59 Å². The Hall–Kier alpha value is -3.73. The number of rotatable bonds is 6. The Morgan fingerprint density at radius 2 is 1.68 bits per heavy atom. The fourth-order valence-electron chi connectivity index (χ4n) is 3.62. The summed E-state index contributed by atoms with van der Waals surface area (Å²) < 4.78 is 1.71. The van der Waals surface area contributed by atoms with Crippen LogP contribution < -0.4 is 10.9 Å². The van der Waals surface area contributed by atoms with Crippen molar-refractivity contribution in [3.8, 4) is 0 Å². The van der Waals surface area contributed by atoms with Crippen LogP contribution in [0.1, 0.15) is 32.7 Å². The van der Waals surface area contributed by atoms with Crippen LogP contribution in [0.5, 0.6) is 0 Å². The van der Waals surface area contributed by atoms with E-state index in [1.54, 1.807) is 29.7 Å². The van der Waals surface area contributed by atoms with Crippen molar-refractivity contribution in [3.63, 3.8) is 0 Å². The number of hydrogen-bond donors (Lipinski definition) is 1. The zero-order chi connectivity index (χ0) is 21.8. The van der Waals surface area contributed by atoms with Gasteiger partial charge in [-0.1, -0.05) is 60.2 Å². The molecule has 4 rings (SSSR count). The predicted molar refractivity (Wildman–Crippen MR) is 124 cm³/mol. The molecule has 0 fully saturated rings. The van der Waals surface area contributed by atoms with Crippen LogP contribution >= 0.6 is 0 Å². The largest absolute Gasteiger partial charge is 0.352 e. The molecule has 31 heavy (non-hydrogen) atoms. The highest BCUT2D eigenvalue weighted by Gasteiger charge is 2.12. The summed E-state index contributed by atoms with van der Waals surface area (Å²) in [5, 5.41) is 2.97. The maximum atomic E-state index is 12.7. The second kappa shape index (κ2) is 8.96. The Kier molecular flexibility index (Phi) is 5.94. The second-order valence-corrected chi connectivity index (χ2v) is 7.77. The minimum absolute atomic E-state index is 0.119. The molecule has 0 saturated heterocycles. The predicted octanol–water partition coefficient (Wildman–Crippen LogP) is 4.03. The molecule has 0 unspecified atom stereocenters. The summed E-state index contributed by atoms with van der Waals surface area (Å²) in [5.74, 6) is -0.144. The fourth-order valence-corrected chi connectivity index (χ4v) is 3.62. The lowest BCUT2D eigenvalue weighted by molar-refractivity contribution is 0.0954. The number of fused-ring (bicyclic) bond motifs is 1. The smallest absolute Gasteiger partial charge is 0.272 e. The van der Waals surface area contributed by atoms with Gasteiger partial charge in [-0.25, -0.2) is 4.98 Å². The van der Waals surface area contributed by atoms with Crippen LogP contribution in [-0.2, 0) is 13.0 Å². The summed E-state index contributed by atoms with van der Waals surface area (Å²) in [5.41, 5.74) is 5.63. The Morgan fingerprint density at radius 3 is 2.42 bits per heavy atom. The van der Waals surface area contributed by atoms with E-state index in [9.17, 15) is 9.59 Å². The van der Waals surface area contributed by atoms with Crippen molar-refractivity contribution in [2.45, 2.75) is 26.8 Å². The molecule has 1 aromatic heterocycles. The van der Waals surface area contributed by atoms with Crippen molar-refractivity contribution < 1.29 is 4.79 Å². The van der Waals surface area contributed by atoms with E-state index in [0.29, 0.717) is 29.9 Å². The molecule has 0 saturated carbocycles. The third-order valence-electron chi connectivity index (χ3n) is 5.37. The first-order valence-corrected chi connectivity index (χ1v) is 10.4. The number of hydrogen-bond acceptors (Lipinski definition) is 3. The molecule has 4 aromatic rings. The van der Waals surface area contributed by atoms with Gasteiger partial charge in [-0.15, -0.1) is 0 Å². The lowest BCUT2D eigenvalue weighted by atomic mass is 10.1. The number of aromatic nitrogens is 2. The van der Waals surface area contributed by atoms with Crippen molar-refractivity contribution in [2.75, 3.05) is 6.54 Å². The number of nitrogens with one attached hydrogen (secondary N) is 1. The van der Waals surface area contributed by atoms with Crippen LogP contribution in [-0.4, -0.2) is 22.0 Å². The molecule has 5 heteroatoms. The molecular weight excluding hydrogens is 386 g/mol. The molecular formula is C26H25N3O2. The second-order valence-electron chi connectivity index (χ2n) is 7.77. The lowest BCUT2D eigenvalue weighted by Gasteiger charge is -2.12.